The molecule has 2 aromatic rings. The summed E-state index contributed by atoms with van der Waals surface area (Å²) in [6.45, 7) is 5.96. The molecule has 1 saturated heterocycles. The van der Waals surface area contributed by atoms with Crippen molar-refractivity contribution in [3.8, 4) is 11.4 Å². The first-order valence-electron chi connectivity index (χ1n) is 8.31. The highest BCUT2D eigenvalue weighted by Crippen LogP contribution is 2.24. The lowest BCUT2D eigenvalue weighted by Crippen LogP contribution is -2.43. The van der Waals surface area contributed by atoms with Gasteiger partial charge >= 0.3 is 0 Å². The zero-order valence-corrected chi connectivity index (χ0v) is 15.2. The van der Waals surface area contributed by atoms with Crippen molar-refractivity contribution in [1.29, 1.82) is 0 Å². The molecule has 25 heavy (non-hydrogen) atoms. The number of carbonyl (C=O) groups excluding carboxylic acids is 1. The fraction of sp³-hybridized carbons (Fsp3) is 0.471. The van der Waals surface area contributed by atoms with E-state index in [-0.39, 0.29) is 17.5 Å². The molecule has 0 bridgehead atoms. The number of thioether (sulfide) groups is 1. The molecule has 1 aliphatic heterocycles. The molecule has 8 heteroatoms. The lowest BCUT2D eigenvalue weighted by atomic mass is 9.92. The topological polar surface area (TPSA) is 77.0 Å². The van der Waals surface area contributed by atoms with Crippen LogP contribution in [0.4, 0.5) is 4.39 Å². The fourth-order valence-corrected chi connectivity index (χ4v) is 4.01. The molecule has 1 amide bonds. The lowest BCUT2D eigenvalue weighted by Gasteiger charge is -2.34. The molecule has 2 atom stereocenters. The third kappa shape index (κ3) is 4.12. The van der Waals surface area contributed by atoms with Gasteiger partial charge < -0.3 is 10.7 Å². The zero-order chi connectivity index (χ0) is 18.0. The number of halogens is 1. The molecule has 0 saturated carbocycles. The molecular weight excluding hydrogens is 341 g/mol. The lowest BCUT2D eigenvalue weighted by molar-refractivity contribution is -0.130. The van der Waals surface area contributed by atoms with Crippen LogP contribution in [0.25, 0.3) is 11.4 Å². The number of piperidine rings is 1. The summed E-state index contributed by atoms with van der Waals surface area (Å²) in [6, 6.07) is 5.88. The summed E-state index contributed by atoms with van der Waals surface area (Å²) in [5.74, 6) is 7.58. The Labute approximate surface area is 150 Å². The second kappa shape index (κ2) is 7.43. The molecule has 0 spiro atoms. The number of rotatable bonds is 4. The molecule has 0 aliphatic carbocycles. The molecule has 1 aromatic carbocycles. The number of benzene rings is 1. The second-order valence-corrected chi connectivity index (χ2v) is 7.66. The van der Waals surface area contributed by atoms with Gasteiger partial charge in [0.15, 0.2) is 5.82 Å². The number of likely N-dealkylation sites (tertiary alicyclic amines) is 1. The van der Waals surface area contributed by atoms with Crippen LogP contribution in [-0.4, -0.2) is 44.5 Å². The van der Waals surface area contributed by atoms with Crippen molar-refractivity contribution in [3.05, 3.63) is 30.1 Å². The smallest absolute Gasteiger partial charge is 0.233 e. The quantitative estimate of drug-likeness (QED) is 0.667. The number of nitrogens with two attached hydrogens (primary N) is 1. The minimum Gasteiger partial charge on any atom is -0.341 e. The highest BCUT2D eigenvalue weighted by atomic mass is 32.2. The Morgan fingerprint density at radius 3 is 2.52 bits per heavy atom. The van der Waals surface area contributed by atoms with Gasteiger partial charge in [-0.05, 0) is 42.5 Å². The maximum Gasteiger partial charge on any atom is 0.233 e. The van der Waals surface area contributed by atoms with E-state index in [0.717, 1.165) is 19.5 Å². The summed E-state index contributed by atoms with van der Waals surface area (Å²) in [5.41, 5.74) is 0.674. The van der Waals surface area contributed by atoms with Crippen LogP contribution in [0.2, 0.25) is 0 Å². The Hall–Kier alpha value is -2.09. The Bertz CT molecular complexity index is 738. The minimum absolute atomic E-state index is 0.0923. The highest BCUT2D eigenvalue weighted by Gasteiger charge is 2.25. The van der Waals surface area contributed by atoms with Crippen LogP contribution in [0.3, 0.4) is 0 Å². The number of hydrogen-bond donors (Lipinski definition) is 1. The van der Waals surface area contributed by atoms with Crippen molar-refractivity contribution in [2.75, 3.05) is 24.7 Å². The molecule has 1 aliphatic rings. The van der Waals surface area contributed by atoms with Gasteiger partial charge in [-0.3, -0.25) is 4.79 Å². The Morgan fingerprint density at radius 2 is 1.88 bits per heavy atom. The van der Waals surface area contributed by atoms with E-state index in [4.69, 9.17) is 5.84 Å². The Balaban J connectivity index is 1.64. The number of nitrogens with zero attached hydrogens (tertiary/aromatic N) is 4. The van der Waals surface area contributed by atoms with E-state index in [1.165, 1.54) is 28.6 Å². The summed E-state index contributed by atoms with van der Waals surface area (Å²) in [4.78, 5) is 14.4. The summed E-state index contributed by atoms with van der Waals surface area (Å²) < 4.78 is 14.4. The van der Waals surface area contributed by atoms with Crippen LogP contribution in [-0.2, 0) is 4.79 Å². The van der Waals surface area contributed by atoms with Crippen molar-refractivity contribution in [1.82, 2.24) is 19.8 Å². The van der Waals surface area contributed by atoms with Crippen LogP contribution >= 0.6 is 11.8 Å². The summed E-state index contributed by atoms with van der Waals surface area (Å²) in [5, 5.41) is 8.56. The van der Waals surface area contributed by atoms with Gasteiger partial charge in [0.05, 0.1) is 5.75 Å². The number of carbonyl (C=O) groups is 1. The van der Waals surface area contributed by atoms with E-state index in [2.05, 4.69) is 24.0 Å². The Morgan fingerprint density at radius 1 is 1.24 bits per heavy atom. The van der Waals surface area contributed by atoms with Gasteiger partial charge in [-0.2, -0.15) is 0 Å². The van der Waals surface area contributed by atoms with Crippen LogP contribution < -0.4 is 5.84 Å². The third-order valence-electron chi connectivity index (χ3n) is 4.31. The third-order valence-corrected chi connectivity index (χ3v) is 5.24. The van der Waals surface area contributed by atoms with Crippen molar-refractivity contribution in [2.45, 2.75) is 25.4 Å². The molecule has 0 unspecified atom stereocenters. The number of amides is 1. The zero-order valence-electron chi connectivity index (χ0n) is 14.4. The van der Waals surface area contributed by atoms with E-state index in [1.807, 2.05) is 4.90 Å². The summed E-state index contributed by atoms with van der Waals surface area (Å²) in [6.07, 6.45) is 1.16. The summed E-state index contributed by atoms with van der Waals surface area (Å²) >= 11 is 1.27. The number of nitrogen functional groups attached to an aromatic ring is 1. The molecule has 134 valence electrons. The van der Waals surface area contributed by atoms with E-state index in [0.29, 0.717) is 28.4 Å². The Kier molecular flexibility index (Phi) is 5.27. The van der Waals surface area contributed by atoms with E-state index in [9.17, 15) is 9.18 Å². The largest absolute Gasteiger partial charge is 0.341 e. The molecule has 6 nitrogen and oxygen atoms in total. The van der Waals surface area contributed by atoms with Crippen LogP contribution in [0.1, 0.15) is 20.3 Å². The van der Waals surface area contributed by atoms with Gasteiger partial charge in [0.25, 0.3) is 0 Å². The van der Waals surface area contributed by atoms with E-state index in [1.54, 1.807) is 12.1 Å². The van der Waals surface area contributed by atoms with E-state index >= 15 is 0 Å². The standard InChI is InChI=1S/C17H22FN5OS/c1-11-7-12(2)9-22(8-11)15(24)10-25-17-21-20-16(23(17)19)13-3-5-14(18)6-4-13/h3-6,11-12H,7-10,19H2,1-2H3/t11-,12+. The molecule has 0 radical (unpaired) electrons. The average Bonchev–Trinajstić information content (AvgIpc) is 2.93. The molecule has 1 fully saturated rings. The van der Waals surface area contributed by atoms with Gasteiger partial charge in [-0.25, -0.2) is 9.07 Å². The van der Waals surface area contributed by atoms with Gasteiger partial charge in [0.1, 0.15) is 5.82 Å². The first-order chi connectivity index (χ1) is 11.9. The monoisotopic (exact) mass is 363 g/mol. The molecule has 1 aromatic heterocycles. The molecular formula is C17H22FN5OS. The van der Waals surface area contributed by atoms with Gasteiger partial charge in [-0.1, -0.05) is 25.6 Å². The predicted molar refractivity (Wildman–Crippen MR) is 95.8 cm³/mol. The van der Waals surface area contributed by atoms with E-state index < -0.39 is 0 Å². The minimum atomic E-state index is -0.322. The van der Waals surface area contributed by atoms with Crippen LogP contribution in [0.15, 0.2) is 29.4 Å². The average molecular weight is 363 g/mol. The molecule has 3 rings (SSSR count). The van der Waals surface area contributed by atoms with Gasteiger partial charge in [0, 0.05) is 18.7 Å². The van der Waals surface area contributed by atoms with Crippen molar-refractivity contribution < 1.29 is 9.18 Å². The van der Waals surface area contributed by atoms with Crippen LogP contribution in [0.5, 0.6) is 0 Å². The maximum absolute atomic E-state index is 13.0. The van der Waals surface area contributed by atoms with Crippen molar-refractivity contribution in [3.63, 3.8) is 0 Å². The summed E-state index contributed by atoms with van der Waals surface area (Å²) in [7, 11) is 0. The SMILES string of the molecule is C[C@@H]1C[C@H](C)CN(C(=O)CSc2nnc(-c3ccc(F)cc3)n2N)C1. The molecule has 2 heterocycles. The first-order valence-corrected chi connectivity index (χ1v) is 9.29. The second-order valence-electron chi connectivity index (χ2n) is 6.72. The predicted octanol–water partition coefficient (Wildman–Crippen LogP) is 2.39. The van der Waals surface area contributed by atoms with Crippen molar-refractivity contribution in [2.24, 2.45) is 11.8 Å². The van der Waals surface area contributed by atoms with Crippen molar-refractivity contribution >= 4 is 17.7 Å². The van der Waals surface area contributed by atoms with Gasteiger partial charge in [-0.15, -0.1) is 10.2 Å². The van der Waals surface area contributed by atoms with Crippen LogP contribution in [0, 0.1) is 17.7 Å². The number of aromatic nitrogens is 3. The van der Waals surface area contributed by atoms with Gasteiger partial charge in [0.2, 0.25) is 11.1 Å². The normalized spacial score (nSPS) is 20.7. The number of hydrogen-bond acceptors (Lipinski definition) is 5. The first kappa shape index (κ1) is 17.7. The highest BCUT2D eigenvalue weighted by molar-refractivity contribution is 7.99. The molecule has 2 N–H and O–H groups in total. The fourth-order valence-electron chi connectivity index (χ4n) is 3.26. The maximum atomic E-state index is 13.0.